The second-order valence-corrected chi connectivity index (χ2v) is 10.4. The average Bonchev–Trinajstić information content (AvgIpc) is 3.50. The van der Waals surface area contributed by atoms with Crippen LogP contribution in [0.3, 0.4) is 0 Å². The number of nitrogens with zero attached hydrogens (tertiary/aromatic N) is 2. The number of benzene rings is 2. The van der Waals surface area contributed by atoms with E-state index in [1.807, 2.05) is 61.5 Å². The molecule has 1 aliphatic rings. The quantitative estimate of drug-likeness (QED) is 0.321. The van der Waals surface area contributed by atoms with Crippen LogP contribution in [0.1, 0.15) is 49.4 Å². The fourth-order valence-electron chi connectivity index (χ4n) is 5.48. The van der Waals surface area contributed by atoms with Crippen molar-refractivity contribution in [2.75, 3.05) is 20.2 Å². The average molecular weight is 546 g/mol. The van der Waals surface area contributed by atoms with Gasteiger partial charge in [-0.3, -0.25) is 14.4 Å². The largest absolute Gasteiger partial charge is 0.497 e. The summed E-state index contributed by atoms with van der Waals surface area (Å²) >= 11 is 0. The Morgan fingerprint density at radius 2 is 1.77 bits per heavy atom. The number of ketones is 1. The third kappa shape index (κ3) is 6.77. The summed E-state index contributed by atoms with van der Waals surface area (Å²) in [5.41, 5.74) is 8.22. The van der Waals surface area contributed by atoms with Crippen LogP contribution in [-0.2, 0) is 32.6 Å². The van der Waals surface area contributed by atoms with Gasteiger partial charge in [0, 0.05) is 44.2 Å². The minimum absolute atomic E-state index is 0.178. The second-order valence-electron chi connectivity index (χ2n) is 10.4. The lowest BCUT2D eigenvalue weighted by Gasteiger charge is -2.42. The minimum atomic E-state index is -0.842. The number of likely N-dealkylation sites (tertiary alicyclic amines) is 1. The van der Waals surface area contributed by atoms with Gasteiger partial charge in [-0.1, -0.05) is 49.4 Å². The number of hydrogen-bond acceptors (Lipinski definition) is 6. The number of ether oxygens (including phenoxy) is 1. The van der Waals surface area contributed by atoms with E-state index in [-0.39, 0.29) is 18.1 Å². The van der Waals surface area contributed by atoms with Crippen molar-refractivity contribution < 1.29 is 19.1 Å². The lowest BCUT2D eigenvalue weighted by atomic mass is 9.68. The van der Waals surface area contributed by atoms with Crippen molar-refractivity contribution in [2.24, 2.45) is 5.73 Å². The Morgan fingerprint density at radius 1 is 1.07 bits per heavy atom. The molecule has 0 spiro atoms. The number of Topliss-reactive ketones (excluding diaryl/α,β-unsaturated/α-hetero) is 1. The van der Waals surface area contributed by atoms with Gasteiger partial charge in [0.2, 0.25) is 11.8 Å². The maximum atomic E-state index is 13.9. The number of piperidine rings is 1. The Morgan fingerprint density at radius 3 is 2.38 bits per heavy atom. The highest BCUT2D eigenvalue weighted by atomic mass is 16.5. The van der Waals surface area contributed by atoms with E-state index >= 15 is 0 Å². The van der Waals surface area contributed by atoms with Gasteiger partial charge in [0.15, 0.2) is 0 Å². The van der Waals surface area contributed by atoms with Crippen LogP contribution >= 0.6 is 0 Å². The maximum absolute atomic E-state index is 13.9. The van der Waals surface area contributed by atoms with Crippen LogP contribution in [0.2, 0.25) is 0 Å². The Balaban J connectivity index is 1.51. The molecule has 40 heavy (non-hydrogen) atoms. The van der Waals surface area contributed by atoms with Crippen molar-refractivity contribution >= 4 is 17.6 Å². The van der Waals surface area contributed by atoms with Gasteiger partial charge >= 0.3 is 0 Å². The Bertz CT molecular complexity index is 1250. The molecule has 0 radical (unpaired) electrons. The van der Waals surface area contributed by atoms with Gasteiger partial charge in [-0.25, -0.2) is 4.98 Å². The molecule has 1 fully saturated rings. The predicted octanol–water partition coefficient (Wildman–Crippen LogP) is 2.95. The number of amides is 2. The molecule has 0 saturated carbocycles. The fraction of sp³-hybridized carbons (Fsp3) is 0.419. The van der Waals surface area contributed by atoms with E-state index in [2.05, 4.69) is 15.3 Å². The summed E-state index contributed by atoms with van der Waals surface area (Å²) in [6.07, 6.45) is 6.12. The first-order valence-corrected chi connectivity index (χ1v) is 13.9. The van der Waals surface area contributed by atoms with Gasteiger partial charge in [0.25, 0.3) is 0 Å². The van der Waals surface area contributed by atoms with Crippen LogP contribution < -0.4 is 15.8 Å². The van der Waals surface area contributed by atoms with Crippen LogP contribution in [0.25, 0.3) is 0 Å². The fourth-order valence-corrected chi connectivity index (χ4v) is 5.48. The Labute approximate surface area is 235 Å². The number of aromatic amines is 1. The van der Waals surface area contributed by atoms with E-state index in [1.165, 1.54) is 6.33 Å². The van der Waals surface area contributed by atoms with E-state index in [4.69, 9.17) is 10.5 Å². The monoisotopic (exact) mass is 545 g/mol. The summed E-state index contributed by atoms with van der Waals surface area (Å²) in [4.78, 5) is 49.1. The molecule has 2 amide bonds. The highest BCUT2D eigenvalue weighted by Crippen LogP contribution is 2.38. The zero-order valence-electron chi connectivity index (χ0n) is 23.3. The molecular formula is C31H39N5O4. The number of H-pyrrole nitrogens is 1. The molecule has 1 saturated heterocycles. The molecule has 2 aromatic carbocycles. The third-order valence-corrected chi connectivity index (χ3v) is 7.81. The van der Waals surface area contributed by atoms with Crippen molar-refractivity contribution in [1.29, 1.82) is 0 Å². The molecule has 0 bridgehead atoms. The van der Waals surface area contributed by atoms with Crippen molar-refractivity contribution in [3.63, 3.8) is 0 Å². The Kier molecular flexibility index (Phi) is 9.71. The van der Waals surface area contributed by atoms with Crippen molar-refractivity contribution in [1.82, 2.24) is 20.2 Å². The van der Waals surface area contributed by atoms with Gasteiger partial charge < -0.3 is 25.7 Å². The zero-order valence-corrected chi connectivity index (χ0v) is 23.3. The summed E-state index contributed by atoms with van der Waals surface area (Å²) in [5, 5.41) is 2.91. The van der Waals surface area contributed by atoms with Gasteiger partial charge in [0.05, 0.1) is 24.9 Å². The summed E-state index contributed by atoms with van der Waals surface area (Å²) in [6.45, 7) is 2.87. The molecule has 9 nitrogen and oxygen atoms in total. The molecule has 4 N–H and O–H groups in total. The number of methoxy groups -OCH3 is 1. The van der Waals surface area contributed by atoms with Crippen LogP contribution in [0.15, 0.2) is 67.1 Å². The second kappa shape index (κ2) is 13.4. The molecule has 0 unspecified atom stereocenters. The lowest BCUT2D eigenvalue weighted by molar-refractivity contribution is -0.139. The van der Waals surface area contributed by atoms with Crippen molar-refractivity contribution in [3.8, 4) is 5.75 Å². The standard InChI is InChI=1S/C31H39N5O4/c1-3-7-28(37)31(23-8-5-4-6-9-23)14-16-36(17-15-31)30(39)27(18-22-10-12-25(40-2)13-11-22)35-29(38)26(32)19-24-20-33-21-34-24/h4-6,8-13,20-21,26-27H,3,7,14-19,32H2,1-2H3,(H,33,34)(H,35,38)/t26-,27+/m0/s1. The number of nitrogens with two attached hydrogens (primary N) is 1. The minimum Gasteiger partial charge on any atom is -0.497 e. The van der Waals surface area contributed by atoms with Gasteiger partial charge in [0.1, 0.15) is 17.6 Å². The predicted molar refractivity (Wildman–Crippen MR) is 153 cm³/mol. The Hall–Kier alpha value is -3.98. The number of aromatic nitrogens is 2. The third-order valence-electron chi connectivity index (χ3n) is 7.81. The lowest BCUT2D eigenvalue weighted by Crippen LogP contribution is -2.57. The van der Waals surface area contributed by atoms with E-state index < -0.39 is 23.4 Å². The van der Waals surface area contributed by atoms with E-state index in [9.17, 15) is 14.4 Å². The molecule has 3 aromatic rings. The van der Waals surface area contributed by atoms with Crippen LogP contribution in [0.5, 0.6) is 5.75 Å². The van der Waals surface area contributed by atoms with Gasteiger partial charge in [-0.2, -0.15) is 0 Å². The SMILES string of the molecule is CCCC(=O)C1(c2ccccc2)CCN(C(=O)[C@@H](Cc2ccc(OC)cc2)NC(=O)[C@@H](N)Cc2cnc[nH]2)CC1. The normalized spacial score (nSPS) is 16.1. The molecule has 1 aliphatic heterocycles. The van der Waals surface area contributed by atoms with E-state index in [0.717, 1.165) is 23.2 Å². The van der Waals surface area contributed by atoms with E-state index in [1.54, 1.807) is 18.2 Å². The maximum Gasteiger partial charge on any atom is 0.245 e. The van der Waals surface area contributed by atoms with Gasteiger partial charge in [-0.15, -0.1) is 0 Å². The summed E-state index contributed by atoms with van der Waals surface area (Å²) < 4.78 is 5.26. The number of carbonyl (C=O) groups excluding carboxylic acids is 3. The van der Waals surface area contributed by atoms with Crippen LogP contribution in [0.4, 0.5) is 0 Å². The summed E-state index contributed by atoms with van der Waals surface area (Å²) in [5.74, 6) is 0.348. The molecule has 1 aromatic heterocycles. The van der Waals surface area contributed by atoms with Gasteiger partial charge in [-0.05, 0) is 42.5 Å². The first-order valence-electron chi connectivity index (χ1n) is 13.9. The number of imidazole rings is 1. The van der Waals surface area contributed by atoms with Crippen LogP contribution in [0, 0.1) is 0 Å². The highest BCUT2D eigenvalue weighted by Gasteiger charge is 2.43. The number of hydrogen-bond donors (Lipinski definition) is 3. The number of carbonyl (C=O) groups is 3. The smallest absolute Gasteiger partial charge is 0.245 e. The molecule has 0 aliphatic carbocycles. The molecule has 2 atom stereocenters. The highest BCUT2D eigenvalue weighted by molar-refractivity contribution is 5.92. The summed E-state index contributed by atoms with van der Waals surface area (Å²) in [7, 11) is 1.60. The number of rotatable bonds is 12. The first-order chi connectivity index (χ1) is 19.4. The molecule has 4 rings (SSSR count). The van der Waals surface area contributed by atoms with Crippen molar-refractivity contribution in [2.45, 2.75) is 62.9 Å². The molecule has 9 heteroatoms. The molecular weight excluding hydrogens is 506 g/mol. The van der Waals surface area contributed by atoms with E-state index in [0.29, 0.717) is 44.5 Å². The number of nitrogens with one attached hydrogen (secondary N) is 2. The van der Waals surface area contributed by atoms with Crippen molar-refractivity contribution in [3.05, 3.63) is 83.9 Å². The topological polar surface area (TPSA) is 130 Å². The molecule has 2 heterocycles. The van der Waals surface area contributed by atoms with Crippen LogP contribution in [-0.4, -0.2) is 64.7 Å². The first kappa shape index (κ1) is 29.0. The molecule has 212 valence electrons. The zero-order chi connectivity index (χ0) is 28.5. The summed E-state index contributed by atoms with van der Waals surface area (Å²) in [6, 6.07) is 15.7.